The lowest BCUT2D eigenvalue weighted by Gasteiger charge is -2.23. The number of unbranched alkanes of at least 4 members (excludes halogenated alkanes) is 1. The second kappa shape index (κ2) is 10.7. The minimum Gasteiger partial charge on any atom is -0.376 e. The minimum absolute atomic E-state index is 0.0411. The molecule has 2 heterocycles. The van der Waals surface area contributed by atoms with E-state index in [1.165, 1.54) is 27.8 Å². The summed E-state index contributed by atoms with van der Waals surface area (Å²) in [5.41, 5.74) is 3.55. The number of fused-ring (bicyclic) bond motifs is 1. The zero-order valence-corrected chi connectivity index (χ0v) is 22.4. The van der Waals surface area contributed by atoms with Crippen LogP contribution < -0.4 is 4.90 Å². The Bertz CT molecular complexity index is 1300. The number of nitrogens with zero attached hydrogens (tertiary/aromatic N) is 3. The molecule has 0 bridgehead atoms. The normalized spacial score (nSPS) is 16.3. The first-order valence-electron chi connectivity index (χ1n) is 12.1. The Kier molecular flexibility index (Phi) is 7.90. The number of anilines is 1. The highest BCUT2D eigenvalue weighted by Crippen LogP contribution is 2.33. The van der Waals surface area contributed by atoms with Crippen LogP contribution in [0.2, 0.25) is 0 Å². The highest BCUT2D eigenvalue weighted by Gasteiger charge is 2.28. The fraction of sp³-hybridized carbons (Fsp3) is 0.462. The molecule has 0 saturated carbocycles. The molecular weight excluding hydrogens is 482 g/mol. The predicted octanol–water partition coefficient (Wildman–Crippen LogP) is 5.16. The summed E-state index contributed by atoms with van der Waals surface area (Å²) in [6, 6.07) is 10.4. The van der Waals surface area contributed by atoms with E-state index < -0.39 is 10.0 Å². The molecule has 0 spiro atoms. The number of hydrogen-bond acceptors (Lipinski definition) is 6. The van der Waals surface area contributed by atoms with Crippen molar-refractivity contribution in [2.45, 2.75) is 57.5 Å². The van der Waals surface area contributed by atoms with Crippen LogP contribution in [0.25, 0.3) is 10.2 Å². The topological polar surface area (TPSA) is 79.8 Å². The SMILES string of the molecule is CCCCN(C)S(=O)(=O)c1ccc(C(=O)N(CC2CCCO2)c2nc3c(C)cc(C)cc3s2)cc1. The number of sulfonamides is 1. The van der Waals surface area contributed by atoms with Gasteiger partial charge < -0.3 is 4.74 Å². The fourth-order valence-electron chi connectivity index (χ4n) is 4.32. The average molecular weight is 516 g/mol. The van der Waals surface area contributed by atoms with E-state index in [1.54, 1.807) is 24.1 Å². The number of amides is 1. The molecule has 1 aliphatic rings. The Hall–Kier alpha value is -2.33. The quantitative estimate of drug-likeness (QED) is 0.393. The van der Waals surface area contributed by atoms with Crippen molar-refractivity contribution < 1.29 is 17.9 Å². The van der Waals surface area contributed by atoms with Crippen molar-refractivity contribution >= 4 is 42.6 Å². The third kappa shape index (κ3) is 5.58. The maximum atomic E-state index is 13.7. The van der Waals surface area contributed by atoms with Crippen LogP contribution in [0.3, 0.4) is 0 Å². The maximum absolute atomic E-state index is 13.7. The van der Waals surface area contributed by atoms with E-state index in [2.05, 4.69) is 19.1 Å². The summed E-state index contributed by atoms with van der Waals surface area (Å²) in [4.78, 5) is 20.4. The van der Waals surface area contributed by atoms with E-state index in [0.29, 0.717) is 30.4 Å². The second-order valence-electron chi connectivity index (χ2n) is 9.18. The van der Waals surface area contributed by atoms with Gasteiger partial charge in [-0.25, -0.2) is 17.7 Å². The first-order valence-corrected chi connectivity index (χ1v) is 14.3. The van der Waals surface area contributed by atoms with Crippen molar-refractivity contribution in [2.24, 2.45) is 0 Å². The van der Waals surface area contributed by atoms with Crippen LogP contribution in [0.15, 0.2) is 41.3 Å². The lowest BCUT2D eigenvalue weighted by Crippen LogP contribution is -2.37. The summed E-state index contributed by atoms with van der Waals surface area (Å²) in [7, 11) is -2.01. The maximum Gasteiger partial charge on any atom is 0.260 e. The Balaban J connectivity index is 1.64. The number of hydrogen-bond donors (Lipinski definition) is 0. The van der Waals surface area contributed by atoms with Gasteiger partial charge in [-0.3, -0.25) is 9.69 Å². The second-order valence-corrected chi connectivity index (χ2v) is 12.2. The molecule has 1 saturated heterocycles. The molecule has 1 amide bonds. The van der Waals surface area contributed by atoms with Gasteiger partial charge in [0, 0.05) is 25.8 Å². The highest BCUT2D eigenvalue weighted by atomic mass is 32.2. The molecule has 4 rings (SSSR count). The van der Waals surface area contributed by atoms with Gasteiger partial charge in [0.1, 0.15) is 0 Å². The van der Waals surface area contributed by atoms with Crippen LogP contribution in [0, 0.1) is 13.8 Å². The largest absolute Gasteiger partial charge is 0.376 e. The Morgan fingerprint density at radius 3 is 2.60 bits per heavy atom. The first-order chi connectivity index (χ1) is 16.7. The summed E-state index contributed by atoms with van der Waals surface area (Å²) < 4.78 is 34.0. The van der Waals surface area contributed by atoms with Gasteiger partial charge in [0.15, 0.2) is 5.13 Å². The van der Waals surface area contributed by atoms with Crippen molar-refractivity contribution in [1.29, 1.82) is 0 Å². The summed E-state index contributed by atoms with van der Waals surface area (Å²) in [5.74, 6) is -0.211. The van der Waals surface area contributed by atoms with Crippen LogP contribution in [-0.2, 0) is 14.8 Å². The van der Waals surface area contributed by atoms with Crippen LogP contribution in [0.1, 0.15) is 54.1 Å². The minimum atomic E-state index is -3.59. The molecule has 1 atom stereocenters. The van der Waals surface area contributed by atoms with E-state index in [1.807, 2.05) is 13.8 Å². The number of carbonyl (C=O) groups is 1. The highest BCUT2D eigenvalue weighted by molar-refractivity contribution is 7.89. The van der Waals surface area contributed by atoms with Gasteiger partial charge in [0.25, 0.3) is 5.91 Å². The zero-order chi connectivity index (χ0) is 25.2. The van der Waals surface area contributed by atoms with Crippen molar-refractivity contribution in [3.63, 3.8) is 0 Å². The molecule has 1 unspecified atom stereocenters. The van der Waals surface area contributed by atoms with E-state index in [4.69, 9.17) is 9.72 Å². The standard InChI is InChI=1S/C26H33N3O4S2/c1-5-6-13-28(4)35(31,32)22-11-9-20(10-12-22)25(30)29(17-21-8-7-14-33-21)26-27-24-19(3)15-18(2)16-23(24)34-26/h9-12,15-16,21H,5-8,13-14,17H2,1-4H3. The number of rotatable bonds is 9. The summed E-state index contributed by atoms with van der Waals surface area (Å²) in [6.07, 6.45) is 3.54. The van der Waals surface area contributed by atoms with Crippen LogP contribution >= 0.6 is 11.3 Å². The molecule has 35 heavy (non-hydrogen) atoms. The Morgan fingerprint density at radius 1 is 1.20 bits per heavy atom. The molecule has 7 nitrogen and oxygen atoms in total. The van der Waals surface area contributed by atoms with Gasteiger partial charge in [-0.2, -0.15) is 0 Å². The number of benzene rings is 2. The van der Waals surface area contributed by atoms with Crippen molar-refractivity contribution in [3.05, 3.63) is 53.1 Å². The molecule has 1 aromatic heterocycles. The van der Waals surface area contributed by atoms with E-state index in [-0.39, 0.29) is 16.9 Å². The summed E-state index contributed by atoms with van der Waals surface area (Å²) in [6.45, 7) is 7.68. The lowest BCUT2D eigenvalue weighted by molar-refractivity contribution is 0.0917. The lowest BCUT2D eigenvalue weighted by atomic mass is 10.1. The van der Waals surface area contributed by atoms with E-state index in [0.717, 1.165) is 47.0 Å². The molecule has 9 heteroatoms. The Labute approximate surface area is 211 Å². The summed E-state index contributed by atoms with van der Waals surface area (Å²) >= 11 is 1.49. The zero-order valence-electron chi connectivity index (χ0n) is 20.8. The number of aromatic nitrogens is 1. The molecule has 1 fully saturated rings. The summed E-state index contributed by atoms with van der Waals surface area (Å²) in [5, 5.41) is 0.630. The Morgan fingerprint density at radius 2 is 1.94 bits per heavy atom. The van der Waals surface area contributed by atoms with Crippen LogP contribution in [0.5, 0.6) is 0 Å². The van der Waals surface area contributed by atoms with Crippen molar-refractivity contribution in [3.8, 4) is 0 Å². The monoisotopic (exact) mass is 515 g/mol. The fourth-order valence-corrected chi connectivity index (χ4v) is 6.68. The van der Waals surface area contributed by atoms with Crippen LogP contribution in [-0.4, -0.2) is 56.5 Å². The number of thiazole rings is 1. The van der Waals surface area contributed by atoms with Crippen molar-refractivity contribution in [2.75, 3.05) is 31.6 Å². The van der Waals surface area contributed by atoms with Crippen molar-refractivity contribution in [1.82, 2.24) is 9.29 Å². The predicted molar refractivity (Wildman–Crippen MR) is 141 cm³/mol. The first kappa shape index (κ1) is 25.8. The van der Waals surface area contributed by atoms with Crippen LogP contribution in [0.4, 0.5) is 5.13 Å². The number of carbonyl (C=O) groups excluding carboxylic acids is 1. The molecule has 2 aromatic carbocycles. The van der Waals surface area contributed by atoms with Gasteiger partial charge in [-0.05, 0) is 74.6 Å². The molecule has 0 aliphatic carbocycles. The van der Waals surface area contributed by atoms with Gasteiger partial charge in [-0.15, -0.1) is 0 Å². The third-order valence-corrected chi connectivity index (χ3v) is 9.24. The van der Waals surface area contributed by atoms with E-state index >= 15 is 0 Å². The molecule has 0 N–H and O–H groups in total. The van der Waals surface area contributed by atoms with Gasteiger partial charge >= 0.3 is 0 Å². The molecular formula is C26H33N3O4S2. The van der Waals surface area contributed by atoms with Gasteiger partial charge in [0.05, 0.1) is 27.8 Å². The number of ether oxygens (including phenoxy) is 1. The molecule has 0 radical (unpaired) electrons. The molecule has 3 aromatic rings. The molecule has 188 valence electrons. The average Bonchev–Trinajstić information content (AvgIpc) is 3.50. The third-order valence-electron chi connectivity index (χ3n) is 6.34. The van der Waals surface area contributed by atoms with Gasteiger partial charge in [-0.1, -0.05) is 30.7 Å². The van der Waals surface area contributed by atoms with E-state index in [9.17, 15) is 13.2 Å². The molecule has 1 aliphatic heterocycles. The smallest absolute Gasteiger partial charge is 0.260 e. The number of aryl methyl sites for hydroxylation is 2. The van der Waals surface area contributed by atoms with Gasteiger partial charge in [0.2, 0.25) is 10.0 Å².